The Hall–Kier alpha value is -0.720. The van der Waals surface area contributed by atoms with Crippen LogP contribution in [0.15, 0.2) is 24.5 Å². The van der Waals surface area contributed by atoms with Gasteiger partial charge in [0.2, 0.25) is 0 Å². The predicted octanol–water partition coefficient (Wildman–Crippen LogP) is 4.36. The van der Waals surface area contributed by atoms with Gasteiger partial charge < -0.3 is 5.11 Å². The van der Waals surface area contributed by atoms with Gasteiger partial charge in [-0.15, -0.1) is 0 Å². The van der Waals surface area contributed by atoms with Crippen LogP contribution in [0.3, 0.4) is 0 Å². The van der Waals surface area contributed by atoms with Crippen LogP contribution in [0.2, 0.25) is 0 Å². The topological polar surface area (TPSA) is 20.2 Å². The molecule has 0 aromatic heterocycles. The fraction of sp³-hybridized carbons (Fsp3) is 0.667. The van der Waals surface area contributed by atoms with Crippen molar-refractivity contribution in [2.45, 2.75) is 51.9 Å². The van der Waals surface area contributed by atoms with Crippen LogP contribution in [0.5, 0.6) is 0 Å². The van der Waals surface area contributed by atoms with Gasteiger partial charge in [0.1, 0.15) is 0 Å². The SMILES string of the molecule is CCCCC=CCCCC/C=C/O. The van der Waals surface area contributed by atoms with Crippen molar-refractivity contribution in [3.05, 3.63) is 24.5 Å². The summed E-state index contributed by atoms with van der Waals surface area (Å²) in [6.45, 7) is 2.22. The number of aliphatic hydroxyl groups excluding tert-OH is 1. The van der Waals surface area contributed by atoms with Crippen LogP contribution < -0.4 is 0 Å². The van der Waals surface area contributed by atoms with Gasteiger partial charge in [0.15, 0.2) is 0 Å². The van der Waals surface area contributed by atoms with E-state index in [0.717, 1.165) is 12.7 Å². The van der Waals surface area contributed by atoms with Crippen molar-refractivity contribution in [2.24, 2.45) is 0 Å². The zero-order valence-electron chi connectivity index (χ0n) is 8.71. The van der Waals surface area contributed by atoms with Gasteiger partial charge >= 0.3 is 0 Å². The summed E-state index contributed by atoms with van der Waals surface area (Å²) in [4.78, 5) is 0. The van der Waals surface area contributed by atoms with Crippen LogP contribution in [-0.4, -0.2) is 5.11 Å². The van der Waals surface area contributed by atoms with E-state index >= 15 is 0 Å². The zero-order valence-corrected chi connectivity index (χ0v) is 8.71. The quantitative estimate of drug-likeness (QED) is 0.336. The Kier molecular flexibility index (Phi) is 10.7. The molecule has 1 heteroatoms. The maximum atomic E-state index is 8.37. The van der Waals surface area contributed by atoms with E-state index in [9.17, 15) is 0 Å². The van der Waals surface area contributed by atoms with Gasteiger partial charge in [-0.05, 0) is 32.1 Å². The monoisotopic (exact) mass is 182 g/mol. The number of rotatable bonds is 8. The summed E-state index contributed by atoms with van der Waals surface area (Å²) in [6, 6.07) is 0. The number of allylic oxidation sites excluding steroid dienone is 3. The minimum absolute atomic E-state index is 0.999. The Morgan fingerprint density at radius 1 is 0.846 bits per heavy atom. The molecule has 0 bridgehead atoms. The molecule has 0 amide bonds. The second-order valence-electron chi connectivity index (χ2n) is 3.28. The van der Waals surface area contributed by atoms with Crippen molar-refractivity contribution in [1.29, 1.82) is 0 Å². The van der Waals surface area contributed by atoms with E-state index in [-0.39, 0.29) is 0 Å². The molecule has 0 rings (SSSR count). The highest BCUT2D eigenvalue weighted by Gasteiger charge is 1.83. The van der Waals surface area contributed by atoms with Crippen molar-refractivity contribution < 1.29 is 5.11 Å². The minimum Gasteiger partial charge on any atom is -0.516 e. The summed E-state index contributed by atoms with van der Waals surface area (Å²) in [7, 11) is 0. The molecule has 0 aromatic rings. The third-order valence-corrected chi connectivity index (χ3v) is 1.99. The Morgan fingerprint density at radius 2 is 1.38 bits per heavy atom. The third kappa shape index (κ3) is 11.3. The Morgan fingerprint density at radius 3 is 1.92 bits per heavy atom. The molecule has 0 aliphatic heterocycles. The Labute approximate surface area is 82.2 Å². The van der Waals surface area contributed by atoms with Crippen LogP contribution in [-0.2, 0) is 0 Å². The highest BCUT2D eigenvalue weighted by molar-refractivity contribution is 4.81. The average molecular weight is 182 g/mol. The van der Waals surface area contributed by atoms with Crippen molar-refractivity contribution in [2.75, 3.05) is 0 Å². The molecule has 0 unspecified atom stereocenters. The molecular formula is C12H22O. The summed E-state index contributed by atoms with van der Waals surface area (Å²) in [5.41, 5.74) is 0. The van der Waals surface area contributed by atoms with Gasteiger partial charge in [0, 0.05) is 0 Å². The van der Waals surface area contributed by atoms with Crippen molar-refractivity contribution >= 4 is 0 Å². The smallest absolute Gasteiger partial charge is 0.0751 e. The van der Waals surface area contributed by atoms with Crippen LogP contribution in [0.25, 0.3) is 0 Å². The number of aliphatic hydroxyl groups is 1. The van der Waals surface area contributed by atoms with Gasteiger partial charge in [0.25, 0.3) is 0 Å². The lowest BCUT2D eigenvalue weighted by Gasteiger charge is -1.92. The molecule has 0 saturated carbocycles. The van der Waals surface area contributed by atoms with Crippen LogP contribution in [0.1, 0.15) is 51.9 Å². The van der Waals surface area contributed by atoms with Crippen LogP contribution in [0.4, 0.5) is 0 Å². The lowest BCUT2D eigenvalue weighted by Crippen LogP contribution is -1.73. The second-order valence-corrected chi connectivity index (χ2v) is 3.28. The van der Waals surface area contributed by atoms with E-state index in [1.165, 1.54) is 38.5 Å². The zero-order chi connectivity index (χ0) is 9.78. The van der Waals surface area contributed by atoms with E-state index in [4.69, 9.17) is 5.11 Å². The molecule has 76 valence electrons. The lowest BCUT2D eigenvalue weighted by molar-refractivity contribution is 0.470. The van der Waals surface area contributed by atoms with E-state index in [1.807, 2.05) is 0 Å². The fourth-order valence-corrected chi connectivity index (χ4v) is 1.16. The van der Waals surface area contributed by atoms with Crippen molar-refractivity contribution in [1.82, 2.24) is 0 Å². The summed E-state index contributed by atoms with van der Waals surface area (Å²) >= 11 is 0. The minimum atomic E-state index is 0.999. The number of hydrogen-bond acceptors (Lipinski definition) is 1. The molecule has 0 radical (unpaired) electrons. The standard InChI is InChI=1S/C12H22O/c1-2-3-4-5-6-7-8-9-10-11-12-13/h5-6,11-13H,2-4,7-10H2,1H3/b6-5?,12-11+. The first-order chi connectivity index (χ1) is 6.41. The highest BCUT2D eigenvalue weighted by Crippen LogP contribution is 2.03. The Bertz CT molecular complexity index is 136. The summed E-state index contributed by atoms with van der Waals surface area (Å²) < 4.78 is 0. The first-order valence-corrected chi connectivity index (χ1v) is 5.36. The van der Waals surface area contributed by atoms with E-state index in [1.54, 1.807) is 6.08 Å². The van der Waals surface area contributed by atoms with Crippen molar-refractivity contribution in [3.8, 4) is 0 Å². The predicted molar refractivity (Wildman–Crippen MR) is 58.9 cm³/mol. The molecule has 13 heavy (non-hydrogen) atoms. The van der Waals surface area contributed by atoms with Gasteiger partial charge in [-0.3, -0.25) is 0 Å². The van der Waals surface area contributed by atoms with E-state index in [0.29, 0.717) is 0 Å². The van der Waals surface area contributed by atoms with Gasteiger partial charge in [-0.2, -0.15) is 0 Å². The molecular weight excluding hydrogens is 160 g/mol. The van der Waals surface area contributed by atoms with E-state index in [2.05, 4.69) is 19.1 Å². The Balaban J connectivity index is 3.01. The van der Waals surface area contributed by atoms with Crippen LogP contribution >= 0.6 is 0 Å². The molecule has 0 aliphatic carbocycles. The van der Waals surface area contributed by atoms with Crippen molar-refractivity contribution in [3.63, 3.8) is 0 Å². The maximum Gasteiger partial charge on any atom is 0.0751 e. The van der Waals surface area contributed by atoms with Gasteiger partial charge in [-0.1, -0.05) is 38.0 Å². The maximum absolute atomic E-state index is 8.37. The molecule has 0 fully saturated rings. The number of unbranched alkanes of at least 4 members (excludes halogenated alkanes) is 5. The highest BCUT2D eigenvalue weighted by atomic mass is 16.2. The average Bonchev–Trinajstić information content (AvgIpc) is 2.16. The largest absolute Gasteiger partial charge is 0.516 e. The van der Waals surface area contributed by atoms with E-state index < -0.39 is 0 Å². The first kappa shape index (κ1) is 12.3. The number of hydrogen-bond donors (Lipinski definition) is 1. The van der Waals surface area contributed by atoms with Gasteiger partial charge in [-0.25, -0.2) is 0 Å². The summed E-state index contributed by atoms with van der Waals surface area (Å²) in [6.07, 6.45) is 15.9. The third-order valence-electron chi connectivity index (χ3n) is 1.99. The normalized spacial score (nSPS) is 11.8. The molecule has 0 atom stereocenters. The molecule has 1 nitrogen and oxygen atoms in total. The van der Waals surface area contributed by atoms with Gasteiger partial charge in [0.05, 0.1) is 6.26 Å². The lowest BCUT2D eigenvalue weighted by atomic mass is 10.1. The first-order valence-electron chi connectivity index (χ1n) is 5.36. The second kappa shape index (κ2) is 11.3. The summed E-state index contributed by atoms with van der Waals surface area (Å²) in [5.74, 6) is 0. The molecule has 0 heterocycles. The fourth-order valence-electron chi connectivity index (χ4n) is 1.16. The molecule has 0 spiro atoms. The molecule has 0 aliphatic rings. The molecule has 0 saturated heterocycles. The van der Waals surface area contributed by atoms with Crippen LogP contribution in [0, 0.1) is 0 Å². The molecule has 1 N–H and O–H groups in total. The molecule has 0 aromatic carbocycles. The summed E-state index contributed by atoms with van der Waals surface area (Å²) in [5, 5.41) is 8.37.